The number of amides is 1. The normalized spacial score (nSPS) is 12.1. The molecule has 3 aromatic rings. The van der Waals surface area contributed by atoms with E-state index in [1.54, 1.807) is 5.38 Å². The molecule has 1 aromatic heterocycles. The summed E-state index contributed by atoms with van der Waals surface area (Å²) in [4.78, 5) is 18.3. The first-order valence-electron chi connectivity index (χ1n) is 9.50. The van der Waals surface area contributed by atoms with Crippen LogP contribution in [0, 0.1) is 0 Å². The molecule has 0 aliphatic rings. The Morgan fingerprint density at radius 1 is 1.21 bits per heavy atom. The minimum Gasteiger partial charge on any atom is -0.387 e. The Bertz CT molecular complexity index is 912. The molecule has 2 aromatic carbocycles. The summed E-state index contributed by atoms with van der Waals surface area (Å²) in [5, 5.41) is 15.5. The van der Waals surface area contributed by atoms with Crippen molar-refractivity contribution in [2.75, 3.05) is 31.2 Å². The summed E-state index contributed by atoms with van der Waals surface area (Å²) >= 11 is 1.33. The number of carbonyl (C=O) groups is 1. The summed E-state index contributed by atoms with van der Waals surface area (Å²) in [6.45, 7) is 1.42. The van der Waals surface area contributed by atoms with Crippen LogP contribution in [0.15, 0.2) is 60.0 Å². The van der Waals surface area contributed by atoms with E-state index in [2.05, 4.69) is 15.2 Å². The molecule has 0 aliphatic carbocycles. The highest BCUT2D eigenvalue weighted by Gasteiger charge is 2.11. The highest BCUT2D eigenvalue weighted by Crippen LogP contribution is 2.15. The lowest BCUT2D eigenvalue weighted by molar-refractivity contribution is -0.115. The fourth-order valence-corrected chi connectivity index (χ4v) is 3.58. The Hall–Kier alpha value is -2.74. The molecular weight excluding hydrogens is 384 g/mol. The number of hydrogen-bond donors (Lipinski definition) is 3. The first kappa shape index (κ1) is 21.0. The van der Waals surface area contributed by atoms with Crippen LogP contribution in [0.1, 0.15) is 22.9 Å². The molecule has 152 valence electrons. The number of nitrogens with one attached hydrogen (secondary N) is 1. The number of aromatic nitrogens is 1. The second-order valence-corrected chi connectivity index (χ2v) is 7.93. The predicted molar refractivity (Wildman–Crippen MR) is 118 cm³/mol. The number of likely N-dealkylation sites (N-methyl/N-ethyl adjacent to an activating group) is 1. The Labute approximate surface area is 175 Å². The van der Waals surface area contributed by atoms with Crippen LogP contribution in [0.2, 0.25) is 0 Å². The van der Waals surface area contributed by atoms with E-state index in [1.807, 2.05) is 61.6 Å². The van der Waals surface area contributed by atoms with Crippen LogP contribution >= 0.6 is 11.3 Å². The van der Waals surface area contributed by atoms with Gasteiger partial charge >= 0.3 is 0 Å². The Balaban J connectivity index is 1.43. The molecule has 0 saturated carbocycles. The second kappa shape index (κ2) is 10.2. The maximum Gasteiger partial charge on any atom is 0.230 e. The van der Waals surface area contributed by atoms with Crippen LogP contribution in [0.25, 0.3) is 0 Å². The van der Waals surface area contributed by atoms with Crippen LogP contribution < -0.4 is 11.1 Å². The largest absolute Gasteiger partial charge is 0.387 e. The molecular formula is C22H26N4O2S. The molecule has 29 heavy (non-hydrogen) atoms. The van der Waals surface area contributed by atoms with Gasteiger partial charge in [-0.25, -0.2) is 4.98 Å². The van der Waals surface area contributed by atoms with Gasteiger partial charge in [-0.1, -0.05) is 42.5 Å². The molecule has 7 heteroatoms. The average Bonchev–Trinajstić information content (AvgIpc) is 3.12. The summed E-state index contributed by atoms with van der Waals surface area (Å²) < 4.78 is 0. The summed E-state index contributed by atoms with van der Waals surface area (Å²) in [6, 6.07) is 17.5. The molecule has 3 rings (SSSR count). The van der Waals surface area contributed by atoms with Gasteiger partial charge in [0.05, 0.1) is 18.2 Å². The summed E-state index contributed by atoms with van der Waals surface area (Å²) in [6.07, 6.45) is 0.584. The number of thiazole rings is 1. The van der Waals surface area contributed by atoms with Crippen molar-refractivity contribution >= 4 is 28.1 Å². The Morgan fingerprint density at radius 3 is 2.59 bits per heavy atom. The third-order valence-corrected chi connectivity index (χ3v) is 5.32. The minimum absolute atomic E-state index is 0.113. The zero-order chi connectivity index (χ0) is 20.6. The third-order valence-electron chi connectivity index (χ3n) is 4.60. The van der Waals surface area contributed by atoms with Crippen molar-refractivity contribution in [3.05, 3.63) is 76.8 Å². The van der Waals surface area contributed by atoms with Gasteiger partial charge in [-0.2, -0.15) is 0 Å². The quantitative estimate of drug-likeness (QED) is 0.504. The topological polar surface area (TPSA) is 91.5 Å². The second-order valence-electron chi connectivity index (χ2n) is 7.04. The lowest BCUT2D eigenvalue weighted by atomic mass is 10.1. The molecule has 6 nitrogen and oxygen atoms in total. The number of aliphatic hydroxyl groups is 1. The minimum atomic E-state index is -0.494. The van der Waals surface area contributed by atoms with Crippen LogP contribution in [0.3, 0.4) is 0 Å². The standard InChI is InChI=1S/C22H26N4O2S/c1-26(14-20(27)17-5-3-2-4-6-17)12-11-16-7-9-18(10-8-16)24-21(28)13-19-15-29-22(23)25-19/h2-10,15,20,27H,11-14H2,1H3,(H2,23,25)(H,24,28)/t20-/m0/s1. The van der Waals surface area contributed by atoms with E-state index in [9.17, 15) is 9.90 Å². The number of hydrogen-bond acceptors (Lipinski definition) is 6. The van der Waals surface area contributed by atoms with Crippen LogP contribution in [-0.2, 0) is 17.6 Å². The van der Waals surface area contributed by atoms with E-state index in [-0.39, 0.29) is 12.3 Å². The van der Waals surface area contributed by atoms with Crippen molar-refractivity contribution in [3.63, 3.8) is 0 Å². The molecule has 4 N–H and O–H groups in total. The van der Waals surface area contributed by atoms with Gasteiger partial charge in [-0.05, 0) is 36.7 Å². The van der Waals surface area contributed by atoms with Gasteiger partial charge in [0.15, 0.2) is 5.13 Å². The average molecular weight is 411 g/mol. The van der Waals surface area contributed by atoms with Crippen LogP contribution in [-0.4, -0.2) is 41.0 Å². The van der Waals surface area contributed by atoms with Crippen molar-refractivity contribution in [2.24, 2.45) is 0 Å². The maximum absolute atomic E-state index is 12.1. The maximum atomic E-state index is 12.1. The van der Waals surface area contributed by atoms with Crippen molar-refractivity contribution in [3.8, 4) is 0 Å². The van der Waals surface area contributed by atoms with Crippen molar-refractivity contribution < 1.29 is 9.90 Å². The van der Waals surface area contributed by atoms with Gasteiger partial charge in [0.1, 0.15) is 0 Å². The third kappa shape index (κ3) is 6.67. The Kier molecular flexibility index (Phi) is 7.35. The highest BCUT2D eigenvalue weighted by atomic mass is 32.1. The summed E-state index contributed by atoms with van der Waals surface area (Å²) in [5.41, 5.74) is 9.14. The molecule has 0 fully saturated rings. The SMILES string of the molecule is CN(CCc1ccc(NC(=O)Cc2csc(N)n2)cc1)C[C@H](O)c1ccccc1. The predicted octanol–water partition coefficient (Wildman–Crippen LogP) is 3.11. The monoisotopic (exact) mass is 410 g/mol. The number of nitrogens with two attached hydrogens (primary N) is 1. The number of anilines is 2. The molecule has 0 aliphatic heterocycles. The van der Waals surface area contributed by atoms with E-state index >= 15 is 0 Å². The van der Waals surface area contributed by atoms with E-state index in [0.717, 1.165) is 24.2 Å². The van der Waals surface area contributed by atoms with Crippen molar-refractivity contribution in [1.82, 2.24) is 9.88 Å². The first-order chi connectivity index (χ1) is 14.0. The highest BCUT2D eigenvalue weighted by molar-refractivity contribution is 7.13. The van der Waals surface area contributed by atoms with Gasteiger partial charge in [0.2, 0.25) is 5.91 Å². The zero-order valence-electron chi connectivity index (χ0n) is 16.4. The summed E-state index contributed by atoms with van der Waals surface area (Å²) in [7, 11) is 2.01. The molecule has 0 spiro atoms. The molecule has 1 atom stereocenters. The number of rotatable bonds is 9. The number of carbonyl (C=O) groups excluding carboxylic acids is 1. The fraction of sp³-hybridized carbons (Fsp3) is 0.273. The van der Waals surface area contributed by atoms with E-state index in [0.29, 0.717) is 17.4 Å². The molecule has 0 saturated heterocycles. The zero-order valence-corrected chi connectivity index (χ0v) is 17.2. The molecule has 0 unspecified atom stereocenters. The smallest absolute Gasteiger partial charge is 0.230 e. The number of aliphatic hydroxyl groups excluding tert-OH is 1. The lowest BCUT2D eigenvalue weighted by Gasteiger charge is -2.20. The lowest BCUT2D eigenvalue weighted by Crippen LogP contribution is -2.26. The molecule has 0 bridgehead atoms. The van der Waals surface area contributed by atoms with Gasteiger partial charge < -0.3 is 21.1 Å². The van der Waals surface area contributed by atoms with Crippen molar-refractivity contribution in [2.45, 2.75) is 18.9 Å². The van der Waals surface area contributed by atoms with Gasteiger partial charge in [0, 0.05) is 24.2 Å². The number of nitrogens with zero attached hydrogens (tertiary/aromatic N) is 2. The van der Waals surface area contributed by atoms with E-state index in [4.69, 9.17) is 5.73 Å². The van der Waals surface area contributed by atoms with E-state index < -0.39 is 6.10 Å². The van der Waals surface area contributed by atoms with Gasteiger partial charge in [0.25, 0.3) is 0 Å². The molecule has 0 radical (unpaired) electrons. The van der Waals surface area contributed by atoms with Crippen molar-refractivity contribution in [1.29, 1.82) is 0 Å². The summed E-state index contributed by atoms with van der Waals surface area (Å²) in [5.74, 6) is -0.113. The van der Waals surface area contributed by atoms with E-state index in [1.165, 1.54) is 16.9 Å². The van der Waals surface area contributed by atoms with Crippen LogP contribution in [0.5, 0.6) is 0 Å². The Morgan fingerprint density at radius 2 is 1.93 bits per heavy atom. The number of benzene rings is 2. The first-order valence-corrected chi connectivity index (χ1v) is 10.4. The number of nitrogen functional groups attached to an aromatic ring is 1. The van der Waals surface area contributed by atoms with Crippen LogP contribution in [0.4, 0.5) is 10.8 Å². The molecule has 1 amide bonds. The fourth-order valence-electron chi connectivity index (χ4n) is 3.02. The van der Waals surface area contributed by atoms with Gasteiger partial charge in [-0.15, -0.1) is 11.3 Å². The molecule has 1 heterocycles. The van der Waals surface area contributed by atoms with Gasteiger partial charge in [-0.3, -0.25) is 4.79 Å².